The number of esters is 1. The van der Waals surface area contributed by atoms with Crippen molar-refractivity contribution in [2.75, 3.05) is 0 Å². The van der Waals surface area contributed by atoms with E-state index in [2.05, 4.69) is 0 Å². The highest BCUT2D eigenvalue weighted by molar-refractivity contribution is 5.93. The molecule has 0 aliphatic rings. The van der Waals surface area contributed by atoms with Crippen LogP contribution in [0, 0.1) is 11.6 Å². The number of carbonyl (C=O) groups excluding carboxylic acids is 1. The topological polar surface area (TPSA) is 63.6 Å². The number of carboxylic acids is 1. The molecule has 0 aromatic heterocycles. The lowest BCUT2D eigenvalue weighted by atomic mass is 10.0. The summed E-state index contributed by atoms with van der Waals surface area (Å²) in [6.07, 6.45) is 0. The van der Waals surface area contributed by atoms with Gasteiger partial charge >= 0.3 is 11.9 Å². The largest absolute Gasteiger partial charge is 0.478 e. The molecule has 0 atom stereocenters. The molecular weight excluding hydrogens is 309 g/mol. The van der Waals surface area contributed by atoms with E-state index in [1.807, 2.05) is 0 Å². The summed E-state index contributed by atoms with van der Waals surface area (Å²) in [6.45, 7) is 1.14. The van der Waals surface area contributed by atoms with Crippen molar-refractivity contribution in [3.05, 3.63) is 53.6 Å². The van der Waals surface area contributed by atoms with Crippen molar-refractivity contribution in [1.82, 2.24) is 0 Å². The molecule has 22 heavy (non-hydrogen) atoms. The van der Waals surface area contributed by atoms with E-state index in [-0.39, 0.29) is 39.8 Å². The van der Waals surface area contributed by atoms with E-state index in [0.717, 1.165) is 19.1 Å². The van der Waals surface area contributed by atoms with Gasteiger partial charge in [-0.25, -0.2) is 13.6 Å². The van der Waals surface area contributed by atoms with Gasteiger partial charge in [0.05, 0.1) is 0 Å². The minimum atomic E-state index is -1.32. The van der Waals surface area contributed by atoms with Crippen LogP contribution in [0.15, 0.2) is 36.4 Å². The fourth-order valence-electron chi connectivity index (χ4n) is 1.83. The summed E-state index contributed by atoms with van der Waals surface area (Å²) < 4.78 is 31.4. The molecule has 4 nitrogen and oxygen atoms in total. The second-order valence-electron chi connectivity index (χ2n) is 4.23. The Morgan fingerprint density at radius 3 is 2.32 bits per heavy atom. The van der Waals surface area contributed by atoms with Crippen LogP contribution in [-0.2, 0) is 4.79 Å². The lowest BCUT2D eigenvalue weighted by Crippen LogP contribution is -2.07. The number of benzene rings is 2. The first-order valence-electron chi connectivity index (χ1n) is 5.89. The molecule has 0 unspecified atom stereocenters. The molecule has 114 valence electrons. The van der Waals surface area contributed by atoms with Gasteiger partial charge in [0.2, 0.25) is 0 Å². The molecule has 1 N–H and O–H groups in total. The Kier molecular flexibility index (Phi) is 5.80. The summed E-state index contributed by atoms with van der Waals surface area (Å²) in [5.41, 5.74) is 0.000465. The molecular formula is C15H13AlF2O4. The smallest absolute Gasteiger partial charge is 0.339 e. The second-order valence-corrected chi connectivity index (χ2v) is 4.23. The minimum absolute atomic E-state index is 0. The Balaban J connectivity index is 0.00000242. The van der Waals surface area contributed by atoms with Gasteiger partial charge in [0.15, 0.2) is 17.4 Å². The Hall–Kier alpha value is -2.23. The van der Waals surface area contributed by atoms with Crippen LogP contribution in [0.3, 0.4) is 0 Å². The Labute approximate surface area is 135 Å². The molecule has 0 fully saturated rings. The number of ether oxygens (including phenoxy) is 1. The molecule has 0 aliphatic heterocycles. The third-order valence-electron chi connectivity index (χ3n) is 2.71. The molecule has 7 heteroatoms. The molecule has 0 saturated heterocycles. The van der Waals surface area contributed by atoms with E-state index in [1.165, 1.54) is 18.2 Å². The molecule has 2 aromatic rings. The van der Waals surface area contributed by atoms with Crippen LogP contribution in [0.2, 0.25) is 0 Å². The van der Waals surface area contributed by atoms with Gasteiger partial charge in [-0.1, -0.05) is 6.07 Å². The number of hydrogen-bond acceptors (Lipinski definition) is 3. The third-order valence-corrected chi connectivity index (χ3v) is 2.71. The lowest BCUT2D eigenvalue weighted by Gasteiger charge is -2.09. The van der Waals surface area contributed by atoms with Crippen molar-refractivity contribution in [3.8, 4) is 16.9 Å². The van der Waals surface area contributed by atoms with E-state index in [1.54, 1.807) is 0 Å². The average Bonchev–Trinajstić information content (AvgIpc) is 2.38. The SMILES string of the molecule is CC(=O)Oc1ccc(-c2ccc(F)cc2F)cc1C(=O)O.[AlH3]. The molecule has 0 heterocycles. The summed E-state index contributed by atoms with van der Waals surface area (Å²) in [6, 6.07) is 6.78. The molecule has 2 aromatic carbocycles. The lowest BCUT2D eigenvalue weighted by molar-refractivity contribution is -0.131. The van der Waals surface area contributed by atoms with Crippen molar-refractivity contribution >= 4 is 29.3 Å². The highest BCUT2D eigenvalue weighted by Gasteiger charge is 2.16. The maximum absolute atomic E-state index is 13.7. The van der Waals surface area contributed by atoms with Gasteiger partial charge in [-0.2, -0.15) is 0 Å². The summed E-state index contributed by atoms with van der Waals surface area (Å²) in [5.74, 6) is -3.67. The van der Waals surface area contributed by atoms with Crippen LogP contribution in [0.5, 0.6) is 5.75 Å². The maximum atomic E-state index is 13.7. The molecule has 0 spiro atoms. The predicted octanol–water partition coefficient (Wildman–Crippen LogP) is 2.07. The average molecular weight is 322 g/mol. The first-order chi connectivity index (χ1) is 9.88. The minimum Gasteiger partial charge on any atom is -0.478 e. The first-order valence-corrected chi connectivity index (χ1v) is 5.89. The standard InChI is InChI=1S/C15H10F2O4.Al.3H/c1-8(18)21-14-5-2-9(6-12(14)15(19)20)11-4-3-10(16)7-13(11)17;;;;/h2-7H,1H3,(H,19,20);;;;. The van der Waals surface area contributed by atoms with Crippen molar-refractivity contribution in [2.45, 2.75) is 6.92 Å². The number of halogens is 2. The van der Waals surface area contributed by atoms with Crippen LogP contribution in [0.1, 0.15) is 17.3 Å². The van der Waals surface area contributed by atoms with Gasteiger partial charge in [0.25, 0.3) is 0 Å². The van der Waals surface area contributed by atoms with Crippen LogP contribution in [0.4, 0.5) is 8.78 Å². The molecule has 0 saturated carbocycles. The monoisotopic (exact) mass is 322 g/mol. The van der Waals surface area contributed by atoms with Gasteiger partial charge in [-0.15, -0.1) is 0 Å². The van der Waals surface area contributed by atoms with Gasteiger partial charge < -0.3 is 9.84 Å². The van der Waals surface area contributed by atoms with Gasteiger partial charge in [-0.05, 0) is 29.8 Å². The van der Waals surface area contributed by atoms with Gasteiger partial charge in [0, 0.05) is 18.6 Å². The quantitative estimate of drug-likeness (QED) is 0.534. The molecule has 0 aliphatic carbocycles. The number of carboxylic acid groups (broad SMARTS) is 1. The number of rotatable bonds is 3. The zero-order valence-electron chi connectivity index (χ0n) is 10.9. The van der Waals surface area contributed by atoms with Crippen LogP contribution < -0.4 is 4.74 Å². The summed E-state index contributed by atoms with van der Waals surface area (Å²) >= 11 is 0. The van der Waals surface area contributed by atoms with Crippen molar-refractivity contribution in [3.63, 3.8) is 0 Å². The number of aromatic carboxylic acids is 1. The number of carbonyl (C=O) groups is 2. The summed E-state index contributed by atoms with van der Waals surface area (Å²) in [7, 11) is 0. The molecule has 0 bridgehead atoms. The van der Waals surface area contributed by atoms with Crippen molar-refractivity contribution in [2.24, 2.45) is 0 Å². The zero-order chi connectivity index (χ0) is 15.6. The van der Waals surface area contributed by atoms with E-state index >= 15 is 0 Å². The highest BCUT2D eigenvalue weighted by atomic mass is 27.0. The van der Waals surface area contributed by atoms with E-state index in [0.29, 0.717) is 6.07 Å². The van der Waals surface area contributed by atoms with Crippen LogP contribution in [0.25, 0.3) is 11.1 Å². The molecule has 0 amide bonds. The normalized spacial score (nSPS) is 9.77. The van der Waals surface area contributed by atoms with E-state index in [9.17, 15) is 18.4 Å². The Bertz CT molecular complexity index is 731. The van der Waals surface area contributed by atoms with Crippen LogP contribution in [-0.4, -0.2) is 34.4 Å². The second kappa shape index (κ2) is 7.16. The Morgan fingerprint density at radius 2 is 1.77 bits per heavy atom. The van der Waals surface area contributed by atoms with Gasteiger partial charge in [0.1, 0.15) is 22.9 Å². The summed E-state index contributed by atoms with van der Waals surface area (Å²) in [4.78, 5) is 22.1. The van der Waals surface area contributed by atoms with Crippen molar-refractivity contribution in [1.29, 1.82) is 0 Å². The Morgan fingerprint density at radius 1 is 1.09 bits per heavy atom. The van der Waals surface area contributed by atoms with Crippen LogP contribution >= 0.6 is 0 Å². The van der Waals surface area contributed by atoms with E-state index in [4.69, 9.17) is 9.84 Å². The fourth-order valence-corrected chi connectivity index (χ4v) is 1.83. The maximum Gasteiger partial charge on any atom is 0.339 e. The fraction of sp³-hybridized carbons (Fsp3) is 0.0667. The summed E-state index contributed by atoms with van der Waals surface area (Å²) in [5, 5.41) is 9.12. The number of hydrogen-bond donors (Lipinski definition) is 1. The van der Waals surface area contributed by atoms with Gasteiger partial charge in [-0.3, -0.25) is 4.79 Å². The first kappa shape index (κ1) is 17.8. The van der Waals surface area contributed by atoms with E-state index < -0.39 is 23.6 Å². The molecule has 2 rings (SSSR count). The predicted molar refractivity (Wildman–Crippen MR) is 80.0 cm³/mol. The zero-order valence-corrected chi connectivity index (χ0v) is 10.9. The third kappa shape index (κ3) is 3.91. The van der Waals surface area contributed by atoms with Crippen molar-refractivity contribution < 1.29 is 28.2 Å². The highest BCUT2D eigenvalue weighted by Crippen LogP contribution is 2.29. The molecule has 0 radical (unpaired) electrons.